The number of aromatic nitrogens is 2. The fraction of sp³-hybridized carbons (Fsp3) is 0.586. The van der Waals surface area contributed by atoms with Gasteiger partial charge < -0.3 is 31.1 Å². The van der Waals surface area contributed by atoms with Crippen molar-refractivity contribution in [1.29, 1.82) is 0 Å². The number of benzene rings is 1. The molecule has 3 rings (SSSR count). The summed E-state index contributed by atoms with van der Waals surface area (Å²) in [6.45, 7) is 11.5. The van der Waals surface area contributed by atoms with E-state index < -0.39 is 47.4 Å². The third-order valence-electron chi connectivity index (χ3n) is 7.36. The molecular weight excluding hydrogens is 542 g/mol. The molecule has 1 aromatic carbocycles. The van der Waals surface area contributed by atoms with Gasteiger partial charge in [0.25, 0.3) is 0 Å². The molecule has 1 saturated heterocycles. The van der Waals surface area contributed by atoms with Gasteiger partial charge in [-0.3, -0.25) is 19.3 Å². The highest BCUT2D eigenvalue weighted by molar-refractivity contribution is 6.02. The molecule has 5 N–H and O–H groups in total. The van der Waals surface area contributed by atoms with Gasteiger partial charge in [0, 0.05) is 25.0 Å². The van der Waals surface area contributed by atoms with Gasteiger partial charge in [-0.1, -0.05) is 41.5 Å². The van der Waals surface area contributed by atoms with E-state index in [0.717, 1.165) is 4.90 Å². The molecular formula is C29H43N7O6. The van der Waals surface area contributed by atoms with Crippen molar-refractivity contribution in [1.82, 2.24) is 25.1 Å². The average Bonchev–Trinajstić information content (AvgIpc) is 3.38. The summed E-state index contributed by atoms with van der Waals surface area (Å²) in [5.41, 5.74) is 5.83. The van der Waals surface area contributed by atoms with E-state index in [9.17, 15) is 24.3 Å². The molecule has 42 heavy (non-hydrogen) atoms. The number of nitrogens with one attached hydrogen (secondary N) is 2. The molecule has 0 radical (unpaired) electrons. The van der Waals surface area contributed by atoms with Crippen LogP contribution in [0.4, 0.5) is 16.3 Å². The summed E-state index contributed by atoms with van der Waals surface area (Å²) >= 11 is 0. The van der Waals surface area contributed by atoms with Crippen molar-refractivity contribution >= 4 is 46.2 Å². The summed E-state index contributed by atoms with van der Waals surface area (Å²) < 4.78 is 5.46. The molecule has 0 spiro atoms. The Morgan fingerprint density at radius 3 is 2.40 bits per heavy atom. The number of fused-ring (bicyclic) bond motifs is 1. The summed E-state index contributed by atoms with van der Waals surface area (Å²) in [4.78, 5) is 63.5. The monoisotopic (exact) mass is 585 g/mol. The van der Waals surface area contributed by atoms with E-state index in [4.69, 9.17) is 10.5 Å². The van der Waals surface area contributed by atoms with Crippen molar-refractivity contribution in [3.05, 3.63) is 18.5 Å². The number of hydrogen-bond acceptors (Lipinski definition) is 8. The zero-order valence-corrected chi connectivity index (χ0v) is 25.6. The van der Waals surface area contributed by atoms with E-state index >= 15 is 0 Å². The number of hydrogen-bond donors (Lipinski definition) is 4. The molecule has 13 heteroatoms. The highest BCUT2D eigenvalue weighted by Gasteiger charge is 2.43. The van der Waals surface area contributed by atoms with Crippen LogP contribution in [0.5, 0.6) is 5.75 Å². The SMILES string of the molecule is COc1cc2ncnc(N)c2cc1NC(=O)[C@@H]1CCCN1C(=O)[C@@H](NC(=O)[C@H](CC(C)(C)C)N(C)C(=O)O)C(C)(C)C. The number of rotatable bonds is 8. The van der Waals surface area contributed by atoms with Crippen molar-refractivity contribution in [2.45, 2.75) is 78.9 Å². The number of amides is 4. The molecule has 3 atom stereocenters. The lowest BCUT2D eigenvalue weighted by Crippen LogP contribution is -2.60. The van der Waals surface area contributed by atoms with Gasteiger partial charge >= 0.3 is 6.09 Å². The Hall–Kier alpha value is -4.16. The first kappa shape index (κ1) is 32.4. The van der Waals surface area contributed by atoms with Crippen LogP contribution in [-0.4, -0.2) is 87.5 Å². The highest BCUT2D eigenvalue weighted by atomic mass is 16.5. The minimum atomic E-state index is -1.24. The van der Waals surface area contributed by atoms with Crippen LogP contribution in [-0.2, 0) is 14.4 Å². The van der Waals surface area contributed by atoms with Crippen molar-refractivity contribution in [3.8, 4) is 5.75 Å². The molecule has 0 unspecified atom stereocenters. The number of likely N-dealkylation sites (N-methyl/N-ethyl adjacent to an activating group) is 1. The number of carbonyl (C=O) groups is 4. The first-order valence-corrected chi connectivity index (χ1v) is 13.9. The second kappa shape index (κ2) is 12.4. The van der Waals surface area contributed by atoms with Crippen LogP contribution in [0.1, 0.15) is 60.8 Å². The number of nitrogens with zero attached hydrogens (tertiary/aromatic N) is 4. The number of ether oxygens (including phenoxy) is 1. The standard InChI is InChI=1S/C29H43N7O6/c1-28(2,3)14-20(35(7)27(40)41)25(38)34-22(29(4,5)6)26(39)36-11-9-10-19(36)24(37)33-18-12-16-17(13-21(18)42-8)31-15-32-23(16)30/h12-13,15,19-20,22H,9-11,14H2,1-8H3,(H,33,37)(H,34,38)(H,40,41)(H2,30,31,32)/t19-,20-,22+/m0/s1. The second-order valence-corrected chi connectivity index (χ2v) is 13.0. The fourth-order valence-corrected chi connectivity index (χ4v) is 5.06. The van der Waals surface area contributed by atoms with Gasteiger partial charge in [0.15, 0.2) is 0 Å². The number of anilines is 2. The smallest absolute Gasteiger partial charge is 0.407 e. The lowest BCUT2D eigenvalue weighted by molar-refractivity contribution is -0.143. The largest absolute Gasteiger partial charge is 0.494 e. The van der Waals surface area contributed by atoms with Crippen molar-refractivity contribution in [2.24, 2.45) is 10.8 Å². The summed E-state index contributed by atoms with van der Waals surface area (Å²) in [5, 5.41) is 15.8. The van der Waals surface area contributed by atoms with Gasteiger partial charge in [-0.25, -0.2) is 14.8 Å². The maximum Gasteiger partial charge on any atom is 0.407 e. The van der Waals surface area contributed by atoms with Gasteiger partial charge in [-0.2, -0.15) is 0 Å². The van der Waals surface area contributed by atoms with Gasteiger partial charge in [-0.05, 0) is 36.2 Å². The van der Waals surface area contributed by atoms with E-state index in [-0.39, 0.29) is 17.7 Å². The molecule has 4 amide bonds. The molecule has 2 aromatic rings. The third kappa shape index (κ3) is 7.37. The van der Waals surface area contributed by atoms with E-state index in [1.54, 1.807) is 12.1 Å². The van der Waals surface area contributed by atoms with Crippen molar-refractivity contribution in [3.63, 3.8) is 0 Å². The predicted octanol–water partition coefficient (Wildman–Crippen LogP) is 3.10. The summed E-state index contributed by atoms with van der Waals surface area (Å²) in [6, 6.07) is 0.476. The number of nitrogens with two attached hydrogens (primary N) is 1. The molecule has 0 bridgehead atoms. The minimum Gasteiger partial charge on any atom is -0.494 e. The Morgan fingerprint density at radius 1 is 1.17 bits per heavy atom. The van der Waals surface area contributed by atoms with Gasteiger partial charge in [0.2, 0.25) is 17.7 Å². The van der Waals surface area contributed by atoms with Gasteiger partial charge in [0.05, 0.1) is 18.3 Å². The molecule has 1 fully saturated rings. The first-order valence-electron chi connectivity index (χ1n) is 13.9. The quantitative estimate of drug-likeness (QED) is 0.362. The Kier molecular flexibility index (Phi) is 9.53. The first-order chi connectivity index (χ1) is 19.4. The summed E-state index contributed by atoms with van der Waals surface area (Å²) in [7, 11) is 2.81. The Bertz CT molecular complexity index is 1350. The predicted molar refractivity (Wildman–Crippen MR) is 159 cm³/mol. The van der Waals surface area contributed by atoms with E-state index in [0.29, 0.717) is 41.7 Å². The van der Waals surface area contributed by atoms with Crippen LogP contribution in [0.25, 0.3) is 10.9 Å². The molecule has 2 heterocycles. The van der Waals surface area contributed by atoms with Crippen LogP contribution in [0.15, 0.2) is 18.5 Å². The zero-order chi connectivity index (χ0) is 31.6. The van der Waals surface area contributed by atoms with Crippen molar-refractivity contribution in [2.75, 3.05) is 31.8 Å². The molecule has 230 valence electrons. The number of methoxy groups -OCH3 is 1. The number of carboxylic acid groups (broad SMARTS) is 1. The van der Waals surface area contributed by atoms with Crippen LogP contribution in [0, 0.1) is 10.8 Å². The number of nitrogen functional groups attached to an aromatic ring is 1. The normalized spacial score (nSPS) is 17.0. The summed E-state index contributed by atoms with van der Waals surface area (Å²) in [6.07, 6.45) is 1.38. The molecule has 1 aliphatic rings. The van der Waals surface area contributed by atoms with Crippen LogP contribution >= 0.6 is 0 Å². The Morgan fingerprint density at radius 2 is 1.83 bits per heavy atom. The summed E-state index contributed by atoms with van der Waals surface area (Å²) in [5.74, 6) is -0.771. The molecule has 13 nitrogen and oxygen atoms in total. The van der Waals surface area contributed by atoms with Gasteiger partial charge in [0.1, 0.15) is 36.0 Å². The van der Waals surface area contributed by atoms with Crippen LogP contribution in [0.2, 0.25) is 0 Å². The maximum atomic E-state index is 14.0. The van der Waals surface area contributed by atoms with Crippen molar-refractivity contribution < 1.29 is 29.0 Å². The number of carbonyl (C=O) groups excluding carboxylic acids is 3. The zero-order valence-electron chi connectivity index (χ0n) is 25.6. The highest BCUT2D eigenvalue weighted by Crippen LogP contribution is 2.33. The van der Waals surface area contributed by atoms with Crippen LogP contribution in [0.3, 0.4) is 0 Å². The molecule has 0 aliphatic carbocycles. The Balaban J connectivity index is 1.86. The van der Waals surface area contributed by atoms with E-state index in [1.807, 2.05) is 41.5 Å². The minimum absolute atomic E-state index is 0.248. The van der Waals surface area contributed by atoms with E-state index in [1.165, 1.54) is 25.4 Å². The fourth-order valence-electron chi connectivity index (χ4n) is 5.06. The van der Waals surface area contributed by atoms with E-state index in [2.05, 4.69) is 20.6 Å². The molecule has 1 aliphatic heterocycles. The lowest BCUT2D eigenvalue weighted by Gasteiger charge is -2.37. The Labute approximate surface area is 246 Å². The molecule has 0 saturated carbocycles. The second-order valence-electron chi connectivity index (χ2n) is 13.0. The third-order valence-corrected chi connectivity index (χ3v) is 7.36. The molecule has 1 aromatic heterocycles. The average molecular weight is 586 g/mol. The maximum absolute atomic E-state index is 14.0. The van der Waals surface area contributed by atoms with Crippen LogP contribution < -0.4 is 21.1 Å². The topological polar surface area (TPSA) is 180 Å². The van der Waals surface area contributed by atoms with Gasteiger partial charge in [-0.15, -0.1) is 0 Å². The number of likely N-dealkylation sites (tertiary alicyclic amines) is 1. The lowest BCUT2D eigenvalue weighted by atomic mass is 9.84.